The summed E-state index contributed by atoms with van der Waals surface area (Å²) < 4.78 is 6.86. The fraction of sp³-hybridized carbons (Fsp3) is 0.0408. The van der Waals surface area contributed by atoms with Crippen LogP contribution >= 0.6 is 0 Å². The molecular weight excluding hydrogens is 647 g/mol. The van der Waals surface area contributed by atoms with Crippen molar-refractivity contribution in [2.75, 3.05) is 0 Å². The van der Waals surface area contributed by atoms with E-state index in [0.29, 0.717) is 17.5 Å². The van der Waals surface area contributed by atoms with E-state index in [1.54, 1.807) is 0 Å². The highest BCUT2D eigenvalue weighted by atomic mass is 16.3. The molecule has 0 fully saturated rings. The first-order valence-electron chi connectivity index (χ1n) is 18.2. The van der Waals surface area contributed by atoms with Crippen molar-refractivity contribution >= 4 is 60.3 Å². The van der Waals surface area contributed by atoms with Gasteiger partial charge in [0.15, 0.2) is 17.5 Å². The molecule has 0 unspecified atom stereocenters. The van der Waals surface area contributed by atoms with E-state index in [9.17, 15) is 0 Å². The van der Waals surface area contributed by atoms with Crippen LogP contribution in [0.5, 0.6) is 0 Å². The van der Waals surface area contributed by atoms with Crippen molar-refractivity contribution in [3.63, 3.8) is 0 Å². The first-order valence-corrected chi connectivity index (χ1v) is 18.2. The molecule has 10 aromatic rings. The Morgan fingerprint density at radius 2 is 1.17 bits per heavy atom. The molecule has 53 heavy (non-hydrogen) atoms. The van der Waals surface area contributed by atoms with E-state index in [2.05, 4.69) is 133 Å². The molecule has 4 nitrogen and oxygen atoms in total. The van der Waals surface area contributed by atoms with Crippen molar-refractivity contribution in [2.24, 2.45) is 0 Å². The molecule has 0 atom stereocenters. The van der Waals surface area contributed by atoms with Gasteiger partial charge in [0.2, 0.25) is 0 Å². The van der Waals surface area contributed by atoms with Gasteiger partial charge < -0.3 is 4.42 Å². The summed E-state index contributed by atoms with van der Waals surface area (Å²) in [6.07, 6.45) is 6.49. The summed E-state index contributed by atoms with van der Waals surface area (Å²) in [6, 6.07) is 53.5. The lowest BCUT2D eigenvalue weighted by Gasteiger charge is -2.14. The Bertz CT molecular complexity index is 3100. The Morgan fingerprint density at radius 1 is 0.453 bits per heavy atom. The minimum Gasteiger partial charge on any atom is -0.455 e. The third-order valence-electron chi connectivity index (χ3n) is 10.7. The van der Waals surface area contributed by atoms with Gasteiger partial charge >= 0.3 is 0 Å². The van der Waals surface area contributed by atoms with E-state index < -0.39 is 0 Å². The molecular formula is C49H31N3O. The minimum atomic E-state index is 0.618. The number of furan rings is 1. The molecule has 8 aromatic carbocycles. The van der Waals surface area contributed by atoms with Crippen LogP contribution in [-0.2, 0) is 6.42 Å². The average molecular weight is 678 g/mol. The Balaban J connectivity index is 1.16. The fourth-order valence-corrected chi connectivity index (χ4v) is 8.25. The lowest BCUT2D eigenvalue weighted by Crippen LogP contribution is -2.01. The summed E-state index contributed by atoms with van der Waals surface area (Å²) in [6.45, 7) is 0. The van der Waals surface area contributed by atoms with Gasteiger partial charge in [-0.25, -0.2) is 15.0 Å². The summed E-state index contributed by atoms with van der Waals surface area (Å²) in [5, 5.41) is 9.40. The second kappa shape index (κ2) is 11.8. The largest absolute Gasteiger partial charge is 0.455 e. The third kappa shape index (κ3) is 4.80. The van der Waals surface area contributed by atoms with Crippen LogP contribution in [0.4, 0.5) is 0 Å². The summed E-state index contributed by atoms with van der Waals surface area (Å²) in [5.74, 6) is 1.92. The van der Waals surface area contributed by atoms with Gasteiger partial charge in [-0.05, 0) is 80.0 Å². The van der Waals surface area contributed by atoms with Gasteiger partial charge in [-0.15, -0.1) is 0 Å². The van der Waals surface area contributed by atoms with Crippen molar-refractivity contribution in [1.29, 1.82) is 0 Å². The maximum absolute atomic E-state index is 6.86. The van der Waals surface area contributed by atoms with Crippen LogP contribution in [0.15, 0.2) is 162 Å². The monoisotopic (exact) mass is 677 g/mol. The van der Waals surface area contributed by atoms with Crippen molar-refractivity contribution in [1.82, 2.24) is 15.0 Å². The SMILES string of the molecule is C1=Cc2ccc(-c3nc(-c4ccccc4)nc(-c4cccc5oc6c(-c7cc8ccccc8c8c7ccc7ccccc78)cccc6c45)n3)cc2CC1. The number of rotatable bonds is 4. The van der Waals surface area contributed by atoms with Crippen LogP contribution < -0.4 is 0 Å². The molecule has 2 aromatic heterocycles. The van der Waals surface area contributed by atoms with Crippen LogP contribution in [0, 0.1) is 0 Å². The molecule has 2 heterocycles. The predicted octanol–water partition coefficient (Wildman–Crippen LogP) is 12.9. The van der Waals surface area contributed by atoms with Crippen molar-refractivity contribution in [3.05, 3.63) is 169 Å². The third-order valence-corrected chi connectivity index (χ3v) is 10.7. The zero-order valence-corrected chi connectivity index (χ0v) is 28.8. The van der Waals surface area contributed by atoms with E-state index >= 15 is 0 Å². The molecule has 0 amide bonds. The van der Waals surface area contributed by atoms with Crippen LogP contribution in [-0.4, -0.2) is 15.0 Å². The number of hydrogen-bond acceptors (Lipinski definition) is 4. The summed E-state index contributed by atoms with van der Waals surface area (Å²) in [7, 11) is 0. The van der Waals surface area contributed by atoms with Crippen molar-refractivity contribution in [3.8, 4) is 45.3 Å². The molecule has 0 N–H and O–H groups in total. The quantitative estimate of drug-likeness (QED) is 0.174. The second-order valence-corrected chi connectivity index (χ2v) is 13.8. The van der Waals surface area contributed by atoms with E-state index in [1.165, 1.54) is 43.4 Å². The molecule has 248 valence electrons. The summed E-state index contributed by atoms with van der Waals surface area (Å²) in [5.41, 5.74) is 9.27. The highest BCUT2D eigenvalue weighted by Crippen LogP contribution is 2.44. The topological polar surface area (TPSA) is 51.8 Å². The normalized spacial score (nSPS) is 12.7. The molecule has 0 radical (unpaired) electrons. The van der Waals surface area contributed by atoms with E-state index in [0.717, 1.165) is 62.6 Å². The lowest BCUT2D eigenvalue weighted by atomic mass is 9.89. The highest BCUT2D eigenvalue weighted by Gasteiger charge is 2.21. The molecule has 0 saturated carbocycles. The van der Waals surface area contributed by atoms with Crippen molar-refractivity contribution in [2.45, 2.75) is 12.8 Å². The molecule has 11 rings (SSSR count). The van der Waals surface area contributed by atoms with Gasteiger partial charge in [-0.3, -0.25) is 0 Å². The number of benzene rings is 8. The number of nitrogens with zero attached hydrogens (tertiary/aromatic N) is 3. The van der Waals surface area contributed by atoms with Gasteiger partial charge in [0.05, 0.1) is 0 Å². The Hall–Kier alpha value is -6.91. The van der Waals surface area contributed by atoms with Crippen LogP contribution in [0.3, 0.4) is 0 Å². The zero-order valence-electron chi connectivity index (χ0n) is 28.8. The van der Waals surface area contributed by atoms with E-state index in [-0.39, 0.29) is 0 Å². The molecule has 0 spiro atoms. The van der Waals surface area contributed by atoms with Crippen LogP contribution in [0.2, 0.25) is 0 Å². The smallest absolute Gasteiger partial charge is 0.164 e. The Morgan fingerprint density at radius 3 is 2.06 bits per heavy atom. The standard InChI is InChI=1S/C49H31N3O/c1-2-14-32(15-3-1)47-50-48(35-25-24-30-12-4-5-16-33(30)28-35)52-49(51-47)41-22-11-23-43-45(41)40-21-10-20-39(46(40)53-43)42-29-34-17-7-9-19-37(34)44-36-18-8-6-13-31(36)26-27-38(42)44/h1-4,6-15,17-29H,5,16H2. The lowest BCUT2D eigenvalue weighted by molar-refractivity contribution is 0.670. The molecule has 1 aliphatic carbocycles. The highest BCUT2D eigenvalue weighted by molar-refractivity contribution is 6.25. The molecule has 0 bridgehead atoms. The zero-order chi connectivity index (χ0) is 34.9. The summed E-state index contributed by atoms with van der Waals surface area (Å²) >= 11 is 0. The number of para-hydroxylation sites is 1. The minimum absolute atomic E-state index is 0.618. The van der Waals surface area contributed by atoms with Crippen LogP contribution in [0.1, 0.15) is 17.5 Å². The number of hydrogen-bond donors (Lipinski definition) is 0. The van der Waals surface area contributed by atoms with Crippen LogP contribution in [0.25, 0.3) is 106 Å². The van der Waals surface area contributed by atoms with Crippen molar-refractivity contribution < 1.29 is 4.42 Å². The molecule has 0 saturated heterocycles. The van der Waals surface area contributed by atoms with E-state index in [4.69, 9.17) is 19.4 Å². The Kier molecular flexibility index (Phi) is 6.65. The molecule has 4 heteroatoms. The van der Waals surface area contributed by atoms with Gasteiger partial charge in [0.25, 0.3) is 0 Å². The van der Waals surface area contributed by atoms with Gasteiger partial charge in [-0.2, -0.15) is 0 Å². The molecule has 1 aliphatic rings. The number of fused-ring (bicyclic) bond motifs is 9. The number of allylic oxidation sites excluding steroid dienone is 1. The number of aryl methyl sites for hydroxylation is 1. The first-order chi connectivity index (χ1) is 26.3. The predicted molar refractivity (Wildman–Crippen MR) is 219 cm³/mol. The Labute approximate surface area is 305 Å². The van der Waals surface area contributed by atoms with Gasteiger partial charge in [0.1, 0.15) is 11.2 Å². The fourth-order valence-electron chi connectivity index (χ4n) is 8.25. The summed E-state index contributed by atoms with van der Waals surface area (Å²) in [4.78, 5) is 15.4. The maximum Gasteiger partial charge on any atom is 0.164 e. The van der Waals surface area contributed by atoms with Gasteiger partial charge in [0, 0.05) is 33.0 Å². The maximum atomic E-state index is 6.86. The van der Waals surface area contributed by atoms with Gasteiger partial charge in [-0.1, -0.05) is 146 Å². The average Bonchev–Trinajstić information content (AvgIpc) is 3.62. The molecule has 0 aliphatic heterocycles. The number of aromatic nitrogens is 3. The first kappa shape index (κ1) is 29.8. The second-order valence-electron chi connectivity index (χ2n) is 13.8. The van der Waals surface area contributed by atoms with E-state index in [1.807, 2.05) is 30.3 Å².